The molecule has 0 N–H and O–H groups in total. The summed E-state index contributed by atoms with van der Waals surface area (Å²) in [4.78, 5) is 0. The first-order valence-electron chi connectivity index (χ1n) is 12.5. The summed E-state index contributed by atoms with van der Waals surface area (Å²) >= 11 is 0. The van der Waals surface area contributed by atoms with Crippen LogP contribution in [0.3, 0.4) is 0 Å². The maximum atomic E-state index is 5.72. The fourth-order valence-corrected chi connectivity index (χ4v) is 6.66. The van der Waals surface area contributed by atoms with Crippen LogP contribution in [0.1, 0.15) is 81.1 Å². The van der Waals surface area contributed by atoms with Crippen molar-refractivity contribution in [1.29, 1.82) is 0 Å². The molecule has 2 saturated heterocycles. The largest absolute Gasteiger partial charge is 0.350 e. The van der Waals surface area contributed by atoms with Gasteiger partial charge in [0.05, 0.1) is 26.4 Å². The summed E-state index contributed by atoms with van der Waals surface area (Å²) in [5.41, 5.74) is 0.680. The highest BCUT2D eigenvalue weighted by atomic mass is 16.7. The second-order valence-corrected chi connectivity index (χ2v) is 11.8. The van der Waals surface area contributed by atoms with E-state index in [9.17, 15) is 0 Å². The molecule has 30 heavy (non-hydrogen) atoms. The molecule has 0 radical (unpaired) electrons. The zero-order chi connectivity index (χ0) is 22.1. The van der Waals surface area contributed by atoms with Crippen molar-refractivity contribution in [3.8, 4) is 0 Å². The van der Waals surface area contributed by atoms with Gasteiger partial charge in [0, 0.05) is 11.8 Å². The average Bonchev–Trinajstić information content (AvgIpc) is 3.37. The SMILES string of the molecule is C[C@@H]1CC[C@@H](C)C(C)(C)[C@@H]1C1OCCO1.C[C@@H]1CC[C@H](C)[C@@H](C2OCCO2)C1(C)C. The van der Waals surface area contributed by atoms with Crippen LogP contribution in [0.2, 0.25) is 0 Å². The van der Waals surface area contributed by atoms with Crippen LogP contribution in [0.5, 0.6) is 0 Å². The van der Waals surface area contributed by atoms with Crippen molar-refractivity contribution in [2.24, 2.45) is 46.3 Å². The van der Waals surface area contributed by atoms with Gasteiger partial charge in [-0.2, -0.15) is 0 Å². The Morgan fingerprint density at radius 1 is 0.500 bits per heavy atom. The third-order valence-corrected chi connectivity index (χ3v) is 9.48. The fraction of sp³-hybridized carbons (Fsp3) is 1.00. The van der Waals surface area contributed by atoms with Crippen LogP contribution in [-0.4, -0.2) is 39.0 Å². The second kappa shape index (κ2) is 9.77. The molecule has 0 aromatic rings. The van der Waals surface area contributed by atoms with Crippen LogP contribution in [0, 0.1) is 46.3 Å². The molecule has 4 nitrogen and oxygen atoms in total. The fourth-order valence-electron chi connectivity index (χ4n) is 6.66. The quantitative estimate of drug-likeness (QED) is 0.534. The van der Waals surface area contributed by atoms with E-state index in [-0.39, 0.29) is 12.6 Å². The molecule has 6 atom stereocenters. The van der Waals surface area contributed by atoms with Gasteiger partial charge < -0.3 is 18.9 Å². The molecule has 0 bridgehead atoms. The number of hydrogen-bond donors (Lipinski definition) is 0. The summed E-state index contributed by atoms with van der Waals surface area (Å²) in [7, 11) is 0. The van der Waals surface area contributed by atoms with Gasteiger partial charge in [0.25, 0.3) is 0 Å². The lowest BCUT2D eigenvalue weighted by molar-refractivity contribution is -0.158. The van der Waals surface area contributed by atoms with Gasteiger partial charge in [-0.15, -0.1) is 0 Å². The van der Waals surface area contributed by atoms with Gasteiger partial charge in [0.15, 0.2) is 12.6 Å². The van der Waals surface area contributed by atoms with Gasteiger partial charge in [0.2, 0.25) is 0 Å². The molecule has 4 heteroatoms. The monoisotopic (exact) mass is 424 g/mol. The molecule has 2 saturated carbocycles. The zero-order valence-electron chi connectivity index (χ0n) is 20.9. The second-order valence-electron chi connectivity index (χ2n) is 11.8. The molecule has 0 spiro atoms. The molecule has 4 rings (SSSR count). The first-order valence-corrected chi connectivity index (χ1v) is 12.5. The highest BCUT2D eigenvalue weighted by Gasteiger charge is 2.48. The molecule has 2 heterocycles. The smallest absolute Gasteiger partial charge is 0.161 e. The molecule has 0 aromatic carbocycles. The Bertz CT molecular complexity index is 485. The van der Waals surface area contributed by atoms with Crippen LogP contribution in [-0.2, 0) is 18.9 Å². The van der Waals surface area contributed by atoms with Gasteiger partial charge in [0.1, 0.15) is 0 Å². The Kier molecular flexibility index (Phi) is 7.97. The van der Waals surface area contributed by atoms with Crippen molar-refractivity contribution in [3.63, 3.8) is 0 Å². The predicted molar refractivity (Wildman–Crippen MR) is 121 cm³/mol. The van der Waals surface area contributed by atoms with Crippen molar-refractivity contribution >= 4 is 0 Å². The summed E-state index contributed by atoms with van der Waals surface area (Å²) in [6.45, 7) is 22.1. The first kappa shape index (κ1) is 24.5. The summed E-state index contributed by atoms with van der Waals surface area (Å²) in [6.07, 6.45) is 5.43. The predicted octanol–water partition coefficient (Wildman–Crippen LogP) is 6.14. The molecule has 0 aromatic heterocycles. The summed E-state index contributed by atoms with van der Waals surface area (Å²) < 4.78 is 22.9. The number of ether oxygens (including phenoxy) is 4. The van der Waals surface area contributed by atoms with Gasteiger partial charge in [-0.05, 0) is 60.2 Å². The number of rotatable bonds is 2. The molecule has 0 unspecified atom stereocenters. The van der Waals surface area contributed by atoms with E-state index in [1.54, 1.807) is 0 Å². The van der Waals surface area contributed by atoms with Gasteiger partial charge in [-0.25, -0.2) is 0 Å². The minimum Gasteiger partial charge on any atom is -0.350 e. The van der Waals surface area contributed by atoms with Crippen molar-refractivity contribution in [3.05, 3.63) is 0 Å². The standard InChI is InChI=1S/2C13H24O2/c2*1-9-5-6-10(2)13(3,4)11(9)12-14-7-8-15-12/h2*9-12H,5-8H2,1-4H3/t9-,10+,11-;9-,10-,11+/m01/s1. The van der Waals surface area contributed by atoms with Crippen molar-refractivity contribution < 1.29 is 18.9 Å². The Hall–Kier alpha value is -0.160. The molecular weight excluding hydrogens is 376 g/mol. The van der Waals surface area contributed by atoms with Crippen LogP contribution >= 0.6 is 0 Å². The third kappa shape index (κ3) is 4.92. The highest BCUT2D eigenvalue weighted by Crippen LogP contribution is 2.51. The first-order chi connectivity index (χ1) is 14.1. The van der Waals surface area contributed by atoms with Crippen LogP contribution in [0.25, 0.3) is 0 Å². The maximum absolute atomic E-state index is 5.72. The molecule has 0 amide bonds. The summed E-state index contributed by atoms with van der Waals surface area (Å²) in [5, 5.41) is 0. The van der Waals surface area contributed by atoms with Gasteiger partial charge in [-0.3, -0.25) is 0 Å². The van der Waals surface area contributed by atoms with E-state index >= 15 is 0 Å². The zero-order valence-corrected chi connectivity index (χ0v) is 20.9. The van der Waals surface area contributed by atoms with E-state index in [0.717, 1.165) is 50.1 Å². The Balaban J connectivity index is 0.000000171. The van der Waals surface area contributed by atoms with E-state index in [1.807, 2.05) is 0 Å². The van der Waals surface area contributed by atoms with Gasteiger partial charge in [-0.1, -0.05) is 55.4 Å². The van der Waals surface area contributed by atoms with E-state index in [4.69, 9.17) is 18.9 Å². The van der Waals surface area contributed by atoms with Crippen molar-refractivity contribution in [2.75, 3.05) is 26.4 Å². The lowest BCUT2D eigenvalue weighted by atomic mass is 9.59. The Morgan fingerprint density at radius 3 is 1.10 bits per heavy atom. The Labute approximate surface area is 185 Å². The molecule has 2 aliphatic heterocycles. The molecule has 2 aliphatic carbocycles. The maximum Gasteiger partial charge on any atom is 0.161 e. The number of hydrogen-bond acceptors (Lipinski definition) is 4. The minimum absolute atomic E-state index is 0.0535. The lowest BCUT2D eigenvalue weighted by Crippen LogP contribution is -2.46. The third-order valence-electron chi connectivity index (χ3n) is 9.48. The molecular formula is C26H48O4. The van der Waals surface area contributed by atoms with E-state index < -0.39 is 0 Å². The highest BCUT2D eigenvalue weighted by molar-refractivity contribution is 4.94. The van der Waals surface area contributed by atoms with Crippen LogP contribution in [0.4, 0.5) is 0 Å². The summed E-state index contributed by atoms with van der Waals surface area (Å²) in [5.74, 6) is 4.10. The lowest BCUT2D eigenvalue weighted by Gasteiger charge is -2.48. The van der Waals surface area contributed by atoms with Gasteiger partial charge >= 0.3 is 0 Å². The van der Waals surface area contributed by atoms with E-state index in [2.05, 4.69) is 55.4 Å². The normalized spacial score (nSPS) is 42.0. The Morgan fingerprint density at radius 2 is 0.800 bits per heavy atom. The summed E-state index contributed by atoms with van der Waals surface area (Å²) in [6, 6.07) is 0. The average molecular weight is 425 g/mol. The van der Waals surface area contributed by atoms with E-state index in [1.165, 1.54) is 25.7 Å². The van der Waals surface area contributed by atoms with Crippen molar-refractivity contribution in [1.82, 2.24) is 0 Å². The molecule has 4 fully saturated rings. The van der Waals surface area contributed by atoms with Crippen molar-refractivity contribution in [2.45, 2.75) is 93.7 Å². The van der Waals surface area contributed by atoms with Crippen LogP contribution in [0.15, 0.2) is 0 Å². The molecule has 176 valence electrons. The molecule has 4 aliphatic rings. The minimum atomic E-state index is 0.0535. The van der Waals surface area contributed by atoms with Crippen LogP contribution < -0.4 is 0 Å². The topological polar surface area (TPSA) is 36.9 Å². The van der Waals surface area contributed by atoms with E-state index in [0.29, 0.717) is 22.7 Å².